The summed E-state index contributed by atoms with van der Waals surface area (Å²) in [6.07, 6.45) is 30.1. The van der Waals surface area contributed by atoms with Gasteiger partial charge >= 0.3 is 29.8 Å². The van der Waals surface area contributed by atoms with Crippen LogP contribution in [0.4, 0.5) is 0 Å². The van der Waals surface area contributed by atoms with E-state index in [1.54, 1.807) is 46.8 Å². The monoisotopic (exact) mass is 1790 g/mol. The number of terminal acetylenes is 2. The Hall–Kier alpha value is -7.27. The molecule has 0 aliphatic rings. The number of ether oxygens (including phenoxy) is 4. The molecule has 17 heteroatoms. The third-order valence-electron chi connectivity index (χ3n) is 13.5. The summed E-state index contributed by atoms with van der Waals surface area (Å²) in [7, 11) is 1.41. The Labute approximate surface area is 781 Å². The van der Waals surface area contributed by atoms with Crippen molar-refractivity contribution in [2.75, 3.05) is 33.5 Å². The van der Waals surface area contributed by atoms with Gasteiger partial charge in [0.1, 0.15) is 35.5 Å². The lowest BCUT2D eigenvalue weighted by Crippen LogP contribution is -2.24. The van der Waals surface area contributed by atoms with Gasteiger partial charge in [0.15, 0.2) is 6.61 Å². The zero-order chi connectivity index (χ0) is 103. The van der Waals surface area contributed by atoms with Gasteiger partial charge in [-0.15, -0.1) is 31.9 Å². The van der Waals surface area contributed by atoms with Crippen molar-refractivity contribution in [1.29, 1.82) is 0 Å². The van der Waals surface area contributed by atoms with Gasteiger partial charge in [-0.05, 0) is 166 Å². The largest absolute Gasteiger partial charge is 0.481 e. The molecule has 1 rings (SSSR count). The SMILES string of the molecule is C#CC(C)C.C#CCOC(=O)CC(C)C.C=CCC(C)C.C=CCNC(=O)CC(C)C.C=CCOC(=O)CC(C)C.CC(=O)CC(C)C.CC(=O)CC(C)C.CC(=O)CC(C)C.CC(=O)CC(C)C.CC(=O)CC(C)C.CC(C)CC(=O)O.CC(C)CC(C)(C)C.CC(C)CCc1ccccc1.CCCC(C)C.CCCOC(=O)CC(C)C.COC(=O)CC(C)C. The van der Waals surface area contributed by atoms with Crippen molar-refractivity contribution in [2.24, 2.45) is 100 Å². The molecule has 1 aromatic carbocycles. The number of carboxylic acid groups (broad SMARTS) is 1. The van der Waals surface area contributed by atoms with Gasteiger partial charge in [-0.1, -0.05) is 330 Å². The Bertz CT molecular complexity index is 2570. The predicted molar refractivity (Wildman–Crippen MR) is 544 cm³/mol. The number of Topliss-reactive ketones (excluding diaryl/α,β-unsaturated/α-hetero) is 5. The molecule has 0 aliphatic heterocycles. The fourth-order valence-electron chi connectivity index (χ4n) is 9.17. The second-order valence-electron chi connectivity index (χ2n) is 39.2. The Kier molecular flexibility index (Phi) is 136. The van der Waals surface area contributed by atoms with Crippen LogP contribution in [0.25, 0.3) is 0 Å². The van der Waals surface area contributed by atoms with E-state index in [9.17, 15) is 52.7 Å². The average molecular weight is 1790 g/mol. The summed E-state index contributed by atoms with van der Waals surface area (Å²) in [5, 5.41) is 10.8. The van der Waals surface area contributed by atoms with E-state index in [1.807, 2.05) is 179 Å². The normalized spacial score (nSPS) is 9.79. The quantitative estimate of drug-likeness (QED) is 0.0272. The minimum Gasteiger partial charge on any atom is -0.481 e. The Morgan fingerprint density at radius 2 is 0.706 bits per heavy atom. The number of rotatable bonds is 37. The molecule has 0 saturated heterocycles. The number of nitrogens with one attached hydrogen (secondary N) is 1. The summed E-state index contributed by atoms with van der Waals surface area (Å²) in [4.78, 5) is 115. The highest BCUT2D eigenvalue weighted by atomic mass is 16.5. The number of benzene rings is 1. The number of hydrogen-bond acceptors (Lipinski definition) is 15. The molecule has 2 N–H and O–H groups in total. The minimum absolute atomic E-state index is 0.0724. The van der Waals surface area contributed by atoms with E-state index < -0.39 is 5.97 Å². The van der Waals surface area contributed by atoms with Crippen molar-refractivity contribution in [3.05, 3.63) is 73.9 Å². The van der Waals surface area contributed by atoms with Crippen LogP contribution in [0, 0.1) is 125 Å². The first kappa shape index (κ1) is 153. The third-order valence-corrected chi connectivity index (χ3v) is 13.5. The molecule has 17 nitrogen and oxygen atoms in total. The minimum atomic E-state index is -0.713. The van der Waals surface area contributed by atoms with Crippen LogP contribution in [0.5, 0.6) is 0 Å². The van der Waals surface area contributed by atoms with Crippen molar-refractivity contribution in [3.63, 3.8) is 0 Å². The maximum absolute atomic E-state index is 10.9. The maximum atomic E-state index is 10.9. The van der Waals surface area contributed by atoms with Crippen LogP contribution in [-0.4, -0.2) is 103 Å². The highest BCUT2D eigenvalue weighted by Gasteiger charge is 2.12. The van der Waals surface area contributed by atoms with Crippen LogP contribution in [-0.2, 0) is 78.1 Å². The number of esters is 4. The maximum Gasteiger partial charge on any atom is 0.307 e. The van der Waals surface area contributed by atoms with Crippen LogP contribution < -0.4 is 5.32 Å². The molecular formula is C109H207NO16. The Morgan fingerprint density at radius 3 is 0.873 bits per heavy atom. The van der Waals surface area contributed by atoms with E-state index in [-0.39, 0.29) is 77.6 Å². The summed E-state index contributed by atoms with van der Waals surface area (Å²) in [6, 6.07) is 10.7. The van der Waals surface area contributed by atoms with Crippen LogP contribution in [0.2, 0.25) is 0 Å². The molecule has 0 heterocycles. The second kappa shape index (κ2) is 112. The highest BCUT2D eigenvalue weighted by Crippen LogP contribution is 2.23. The fraction of sp³-hybridized carbons (Fsp3) is 0.752. The zero-order valence-corrected chi connectivity index (χ0v) is 90.3. The van der Waals surface area contributed by atoms with Gasteiger partial charge in [-0.25, -0.2) is 0 Å². The lowest BCUT2D eigenvalue weighted by molar-refractivity contribution is -0.145. The molecule has 0 aliphatic carbocycles. The molecular weight excluding hydrogens is 1580 g/mol. The number of amides is 1. The molecule has 0 fully saturated rings. The number of methoxy groups -OCH3 is 1. The van der Waals surface area contributed by atoms with Gasteiger partial charge in [0.2, 0.25) is 5.91 Å². The van der Waals surface area contributed by atoms with Crippen molar-refractivity contribution >= 4 is 64.7 Å². The van der Waals surface area contributed by atoms with E-state index in [2.05, 4.69) is 160 Å². The molecule has 0 aromatic heterocycles. The van der Waals surface area contributed by atoms with E-state index in [0.717, 1.165) is 68.6 Å². The van der Waals surface area contributed by atoms with E-state index in [4.69, 9.17) is 27.4 Å². The number of carbonyl (C=O) groups is 11. The number of carboxylic acids is 1. The van der Waals surface area contributed by atoms with Gasteiger partial charge in [-0.3, -0.25) is 28.8 Å². The number of allylic oxidation sites excluding steroid dienone is 1. The third kappa shape index (κ3) is 240. The van der Waals surface area contributed by atoms with Gasteiger partial charge in [0, 0.05) is 83.1 Å². The molecule has 126 heavy (non-hydrogen) atoms. The summed E-state index contributed by atoms with van der Waals surface area (Å²) >= 11 is 0. The molecule has 744 valence electrons. The first-order valence-electron chi connectivity index (χ1n) is 46.9. The van der Waals surface area contributed by atoms with Crippen LogP contribution >= 0.6 is 0 Å². The fourth-order valence-corrected chi connectivity index (χ4v) is 9.17. The smallest absolute Gasteiger partial charge is 0.307 e. The van der Waals surface area contributed by atoms with E-state index in [1.165, 1.54) is 44.8 Å². The Balaban J connectivity index is -0.0000000806. The summed E-state index contributed by atoms with van der Waals surface area (Å²) in [5.41, 5.74) is 1.98. The topological polar surface area (TPSA) is 257 Å². The standard InChI is InChI=1S/C11H16.C8H15NO.C8H16O2.C8H14O2.C8H12O2.C8H18.C6H12O2.5C6H12O.C6H14.C6H12.C5H10O2.C5H8/c1-10(2)8-9-11-6-4-3-5-7-11;1-4-5-9-8(10)6-7(2)3;3*1-4-5-10-8(9)6-7(2)3;1-7(2)6-8(3,4)5;1-5(2)4-6(7)8-3;5*1-5(2)4-6(3)7;2*1-4-5-6(2)3;1-4(2)3-5(6)7;1-4-5(2)3/h3-7,10H,8-9H2,1-2H3;4,7H,1,5-6H2,2-3H3,(H,9,10);7H,4-6H2,1-3H3;4,7H,1,5-6H2,2-3H3;1,7H,5-6H2,2-3H3;7H,6H2,1-5H3;5H,4H2,1-3H3;5*5H,4H2,1-3H3;6H,4-5H2,1-3H3;4,6H,1,5H2,2-3H3;4H,3H2,1-2H3,(H,6,7);1,5H,2-3H3. The lowest BCUT2D eigenvalue weighted by Gasteiger charge is -2.19. The summed E-state index contributed by atoms with van der Waals surface area (Å²) in [5.74, 6) is 13.6. The molecule has 0 radical (unpaired) electrons. The molecule has 0 saturated carbocycles. The van der Waals surface area contributed by atoms with Crippen LogP contribution in [0.15, 0.2) is 68.3 Å². The molecule has 0 spiro atoms. The summed E-state index contributed by atoms with van der Waals surface area (Å²) in [6.45, 7) is 97.3. The highest BCUT2D eigenvalue weighted by molar-refractivity contribution is 5.77. The van der Waals surface area contributed by atoms with Crippen molar-refractivity contribution in [2.45, 2.75) is 406 Å². The van der Waals surface area contributed by atoms with Crippen LogP contribution in [0.1, 0.15) is 406 Å². The number of aliphatic carboxylic acids is 1. The lowest BCUT2D eigenvalue weighted by atomic mass is 9.86. The van der Waals surface area contributed by atoms with Crippen LogP contribution in [0.3, 0.4) is 0 Å². The zero-order valence-electron chi connectivity index (χ0n) is 90.3. The molecule has 0 bridgehead atoms. The summed E-state index contributed by atoms with van der Waals surface area (Å²) < 4.78 is 18.7. The van der Waals surface area contributed by atoms with E-state index in [0.29, 0.717) is 122 Å². The van der Waals surface area contributed by atoms with Gasteiger partial charge in [-0.2, -0.15) is 0 Å². The van der Waals surface area contributed by atoms with Gasteiger partial charge < -0.3 is 53.3 Å². The number of ketones is 5. The van der Waals surface area contributed by atoms with Gasteiger partial charge in [0.25, 0.3) is 0 Å². The first-order chi connectivity index (χ1) is 57.6. The average Bonchev–Trinajstić information content (AvgIpc) is 0.951. The number of carbonyl (C=O) groups excluding carboxylic acids is 10. The Morgan fingerprint density at radius 1 is 0.397 bits per heavy atom. The molecule has 1 aromatic rings. The molecule has 0 unspecified atom stereocenters. The molecule has 0 atom stereocenters. The predicted octanol–water partition coefficient (Wildman–Crippen LogP) is 29.0. The number of aryl methyl sites for hydroxylation is 1. The van der Waals surface area contributed by atoms with Crippen molar-refractivity contribution in [3.8, 4) is 24.7 Å². The van der Waals surface area contributed by atoms with Crippen molar-refractivity contribution < 1.29 is 76.8 Å². The second-order valence-corrected chi connectivity index (χ2v) is 39.2. The molecule has 1 amide bonds. The van der Waals surface area contributed by atoms with Gasteiger partial charge in [0.05, 0.1) is 13.7 Å². The van der Waals surface area contributed by atoms with E-state index >= 15 is 0 Å². The first-order valence-corrected chi connectivity index (χ1v) is 46.9. The number of hydrogen-bond donors (Lipinski definition) is 2. The van der Waals surface area contributed by atoms with Crippen molar-refractivity contribution in [1.82, 2.24) is 5.32 Å².